The fourth-order valence-electron chi connectivity index (χ4n) is 1.24. The van der Waals surface area contributed by atoms with Gasteiger partial charge in [0.25, 0.3) is 0 Å². The van der Waals surface area contributed by atoms with E-state index in [4.69, 9.17) is 5.11 Å². The summed E-state index contributed by atoms with van der Waals surface area (Å²) in [6.45, 7) is 3.27. The number of ketones is 1. The molecule has 0 fully saturated rings. The van der Waals surface area contributed by atoms with Crippen LogP contribution < -0.4 is 0 Å². The Kier molecular flexibility index (Phi) is 3.96. The molecule has 4 heteroatoms. The highest BCUT2D eigenvalue weighted by molar-refractivity contribution is 5.93. The van der Waals surface area contributed by atoms with Gasteiger partial charge in [0.2, 0.25) is 0 Å². The number of carboxylic acids is 1. The van der Waals surface area contributed by atoms with Gasteiger partial charge in [-0.25, -0.2) is 4.79 Å². The van der Waals surface area contributed by atoms with Crippen LogP contribution in [0.5, 0.6) is 0 Å². The van der Waals surface area contributed by atoms with Crippen LogP contribution in [0.15, 0.2) is 36.9 Å². The molecule has 1 atom stereocenters. The van der Waals surface area contributed by atoms with E-state index in [1.807, 2.05) is 0 Å². The molecule has 0 aliphatic carbocycles. The largest absolute Gasteiger partial charge is 0.478 e. The van der Waals surface area contributed by atoms with E-state index in [9.17, 15) is 14.7 Å². The Bertz CT molecular complexity index is 406. The number of benzene rings is 1. The summed E-state index contributed by atoms with van der Waals surface area (Å²) >= 11 is 0. The van der Waals surface area contributed by atoms with Crippen molar-refractivity contribution in [1.82, 2.24) is 0 Å². The molecule has 0 aliphatic rings. The van der Waals surface area contributed by atoms with E-state index in [1.165, 1.54) is 12.1 Å². The molecule has 0 aliphatic heterocycles. The normalized spacial score (nSPS) is 11.8. The van der Waals surface area contributed by atoms with E-state index in [0.717, 1.165) is 6.08 Å². The van der Waals surface area contributed by atoms with E-state index in [2.05, 4.69) is 6.58 Å². The van der Waals surface area contributed by atoms with Crippen LogP contribution in [0.4, 0.5) is 0 Å². The molecular formula is C12H12O4. The van der Waals surface area contributed by atoms with Crippen LogP contribution in [-0.2, 0) is 11.2 Å². The number of rotatable bonds is 5. The molecule has 0 spiro atoms. The second kappa shape index (κ2) is 5.23. The average Bonchev–Trinajstić information content (AvgIpc) is 2.28. The van der Waals surface area contributed by atoms with Crippen molar-refractivity contribution >= 4 is 11.8 Å². The summed E-state index contributed by atoms with van der Waals surface area (Å²) in [5.74, 6) is -1.45. The second-order valence-electron chi connectivity index (χ2n) is 3.33. The standard InChI is InChI=1S/C12H12O4/c1-2-10(13)11(14)7-8-3-5-9(6-4-8)12(15)16/h2-6,11,14H,1,7H2,(H,15,16). The lowest BCUT2D eigenvalue weighted by molar-refractivity contribution is -0.122. The van der Waals surface area contributed by atoms with Crippen LogP contribution >= 0.6 is 0 Å². The number of hydrogen-bond acceptors (Lipinski definition) is 3. The Morgan fingerprint density at radius 2 is 1.88 bits per heavy atom. The Morgan fingerprint density at radius 1 is 1.31 bits per heavy atom. The van der Waals surface area contributed by atoms with Crippen LogP contribution in [0.1, 0.15) is 15.9 Å². The summed E-state index contributed by atoms with van der Waals surface area (Å²) in [4.78, 5) is 21.6. The number of carboxylic acid groups (broad SMARTS) is 1. The Morgan fingerprint density at radius 3 is 2.31 bits per heavy atom. The third kappa shape index (κ3) is 3.03. The van der Waals surface area contributed by atoms with Crippen molar-refractivity contribution in [2.75, 3.05) is 0 Å². The summed E-state index contributed by atoms with van der Waals surface area (Å²) in [6.07, 6.45) is 0.106. The van der Waals surface area contributed by atoms with E-state index in [0.29, 0.717) is 5.56 Å². The zero-order valence-corrected chi connectivity index (χ0v) is 8.59. The number of aliphatic hydroxyl groups excluding tert-OH is 1. The minimum absolute atomic E-state index is 0.157. The van der Waals surface area contributed by atoms with Crippen molar-refractivity contribution in [2.24, 2.45) is 0 Å². The maximum Gasteiger partial charge on any atom is 0.335 e. The maximum absolute atomic E-state index is 11.0. The zero-order valence-electron chi connectivity index (χ0n) is 8.59. The van der Waals surface area contributed by atoms with Gasteiger partial charge in [0.15, 0.2) is 5.78 Å². The fourth-order valence-corrected chi connectivity index (χ4v) is 1.24. The van der Waals surface area contributed by atoms with Gasteiger partial charge >= 0.3 is 5.97 Å². The van der Waals surface area contributed by atoms with E-state index < -0.39 is 17.9 Å². The zero-order chi connectivity index (χ0) is 12.1. The van der Waals surface area contributed by atoms with Gasteiger partial charge in [-0.3, -0.25) is 4.79 Å². The number of carbonyl (C=O) groups excluding carboxylic acids is 1. The van der Waals surface area contributed by atoms with E-state index in [-0.39, 0.29) is 12.0 Å². The van der Waals surface area contributed by atoms with Gasteiger partial charge < -0.3 is 10.2 Å². The van der Waals surface area contributed by atoms with Gasteiger partial charge in [0, 0.05) is 6.42 Å². The lowest BCUT2D eigenvalue weighted by atomic mass is 10.0. The van der Waals surface area contributed by atoms with Crippen LogP contribution in [-0.4, -0.2) is 28.1 Å². The van der Waals surface area contributed by atoms with Crippen LogP contribution in [0, 0.1) is 0 Å². The predicted molar refractivity (Wildman–Crippen MR) is 58.3 cm³/mol. The molecule has 16 heavy (non-hydrogen) atoms. The molecule has 4 nitrogen and oxygen atoms in total. The first kappa shape index (κ1) is 12.1. The van der Waals surface area contributed by atoms with Gasteiger partial charge in [-0.1, -0.05) is 18.7 Å². The molecule has 0 amide bonds. The first-order chi connectivity index (χ1) is 7.54. The second-order valence-corrected chi connectivity index (χ2v) is 3.33. The summed E-state index contributed by atoms with van der Waals surface area (Å²) in [7, 11) is 0. The molecular weight excluding hydrogens is 208 g/mol. The van der Waals surface area contributed by atoms with Crippen molar-refractivity contribution in [3.8, 4) is 0 Å². The minimum Gasteiger partial charge on any atom is -0.478 e. The lowest BCUT2D eigenvalue weighted by Crippen LogP contribution is -2.20. The Labute approximate surface area is 92.8 Å². The van der Waals surface area contributed by atoms with E-state index in [1.54, 1.807) is 12.1 Å². The highest BCUT2D eigenvalue weighted by Gasteiger charge is 2.12. The molecule has 1 unspecified atom stereocenters. The quantitative estimate of drug-likeness (QED) is 0.727. The molecule has 1 rings (SSSR count). The van der Waals surface area contributed by atoms with Crippen molar-refractivity contribution in [2.45, 2.75) is 12.5 Å². The van der Waals surface area contributed by atoms with Gasteiger partial charge in [0.05, 0.1) is 5.56 Å². The summed E-state index contributed by atoms with van der Waals surface area (Å²) in [6, 6.07) is 6.01. The number of aliphatic hydroxyl groups is 1. The smallest absolute Gasteiger partial charge is 0.335 e. The minimum atomic E-state index is -1.12. The molecule has 84 valence electrons. The van der Waals surface area contributed by atoms with Crippen molar-refractivity contribution in [3.05, 3.63) is 48.0 Å². The lowest BCUT2D eigenvalue weighted by Gasteiger charge is -2.06. The van der Waals surface area contributed by atoms with Gasteiger partial charge in [-0.2, -0.15) is 0 Å². The first-order valence-corrected chi connectivity index (χ1v) is 4.71. The highest BCUT2D eigenvalue weighted by atomic mass is 16.4. The van der Waals surface area contributed by atoms with Gasteiger partial charge in [-0.05, 0) is 23.8 Å². The summed E-state index contributed by atoms with van der Waals surface area (Å²) < 4.78 is 0. The average molecular weight is 220 g/mol. The van der Waals surface area contributed by atoms with E-state index >= 15 is 0 Å². The third-order valence-corrected chi connectivity index (χ3v) is 2.16. The maximum atomic E-state index is 11.0. The fraction of sp³-hybridized carbons (Fsp3) is 0.167. The number of hydrogen-bond donors (Lipinski definition) is 2. The SMILES string of the molecule is C=CC(=O)C(O)Cc1ccc(C(=O)O)cc1. The molecule has 0 aromatic heterocycles. The molecule has 1 aromatic carbocycles. The summed E-state index contributed by atoms with van der Waals surface area (Å²) in [5.41, 5.74) is 0.876. The molecule has 2 N–H and O–H groups in total. The molecule has 0 radical (unpaired) electrons. The number of carbonyl (C=O) groups is 2. The molecule has 0 saturated carbocycles. The van der Waals surface area contributed by atoms with Crippen LogP contribution in [0.25, 0.3) is 0 Å². The van der Waals surface area contributed by atoms with Crippen molar-refractivity contribution in [3.63, 3.8) is 0 Å². The Balaban J connectivity index is 2.72. The summed E-state index contributed by atoms with van der Waals surface area (Å²) in [5, 5.41) is 18.1. The predicted octanol–water partition coefficient (Wildman–Crippen LogP) is 1.04. The molecule has 0 bridgehead atoms. The molecule has 0 heterocycles. The monoisotopic (exact) mass is 220 g/mol. The molecule has 1 aromatic rings. The Hall–Kier alpha value is -1.94. The topological polar surface area (TPSA) is 74.6 Å². The number of aromatic carboxylic acids is 1. The molecule has 0 saturated heterocycles. The van der Waals surface area contributed by atoms with Gasteiger partial charge in [-0.15, -0.1) is 0 Å². The third-order valence-electron chi connectivity index (χ3n) is 2.16. The van der Waals surface area contributed by atoms with Crippen LogP contribution in [0.2, 0.25) is 0 Å². The first-order valence-electron chi connectivity index (χ1n) is 4.71. The highest BCUT2D eigenvalue weighted by Crippen LogP contribution is 2.07. The van der Waals surface area contributed by atoms with Gasteiger partial charge in [0.1, 0.15) is 6.10 Å². The van der Waals surface area contributed by atoms with Crippen molar-refractivity contribution in [1.29, 1.82) is 0 Å². The van der Waals surface area contributed by atoms with Crippen LogP contribution in [0.3, 0.4) is 0 Å². The van der Waals surface area contributed by atoms with Crippen molar-refractivity contribution < 1.29 is 19.8 Å².